The van der Waals surface area contributed by atoms with Gasteiger partial charge in [-0.15, -0.1) is 0 Å². The molecule has 156 valence electrons. The van der Waals surface area contributed by atoms with Crippen LogP contribution in [-0.2, 0) is 17.9 Å². The molecule has 1 atom stereocenters. The fourth-order valence-electron chi connectivity index (χ4n) is 2.75. The predicted molar refractivity (Wildman–Crippen MR) is 110 cm³/mol. The normalized spacial score (nSPS) is 11.6. The lowest BCUT2D eigenvalue weighted by Crippen LogP contribution is -2.37. The van der Waals surface area contributed by atoms with Crippen molar-refractivity contribution in [3.63, 3.8) is 0 Å². The van der Waals surface area contributed by atoms with E-state index in [1.807, 2.05) is 31.2 Å². The van der Waals surface area contributed by atoms with Gasteiger partial charge >= 0.3 is 0 Å². The molecular weight excluding hydrogens is 388 g/mol. The maximum Gasteiger partial charge on any atom is 0.261 e. The Kier molecular flexibility index (Phi) is 7.38. The van der Waals surface area contributed by atoms with Crippen LogP contribution >= 0.6 is 0 Å². The van der Waals surface area contributed by atoms with Gasteiger partial charge in [-0.05, 0) is 66.1 Å². The van der Waals surface area contributed by atoms with Crippen molar-refractivity contribution in [2.45, 2.75) is 32.6 Å². The molecule has 0 aliphatic rings. The van der Waals surface area contributed by atoms with Crippen LogP contribution in [0.2, 0.25) is 0 Å². The number of hydrogen-bond donors (Lipinski definition) is 1. The zero-order valence-corrected chi connectivity index (χ0v) is 16.6. The van der Waals surface area contributed by atoms with Crippen LogP contribution in [0, 0.1) is 11.6 Å². The molecule has 0 fully saturated rings. The van der Waals surface area contributed by atoms with Crippen LogP contribution in [0.25, 0.3) is 0 Å². The zero-order valence-electron chi connectivity index (χ0n) is 16.6. The van der Waals surface area contributed by atoms with E-state index >= 15 is 0 Å². The molecule has 0 saturated heterocycles. The van der Waals surface area contributed by atoms with Crippen molar-refractivity contribution in [3.05, 3.63) is 95.6 Å². The molecule has 0 aromatic heterocycles. The van der Waals surface area contributed by atoms with Gasteiger partial charge in [-0.2, -0.15) is 0 Å². The summed E-state index contributed by atoms with van der Waals surface area (Å²) >= 11 is 0. The molecule has 30 heavy (non-hydrogen) atoms. The summed E-state index contributed by atoms with van der Waals surface area (Å²) in [6.07, 6.45) is -0.173. The molecule has 0 saturated carbocycles. The van der Waals surface area contributed by atoms with E-state index in [0.717, 1.165) is 11.1 Å². The number of benzene rings is 3. The molecule has 3 rings (SSSR count). The third-order valence-electron chi connectivity index (χ3n) is 4.46. The SMILES string of the molecule is CCC(Oc1ccc(F)cc1)C(=O)NCc1ccc(OCc2ccc(F)cc2)cc1. The molecule has 0 heterocycles. The highest BCUT2D eigenvalue weighted by molar-refractivity contribution is 5.81. The largest absolute Gasteiger partial charge is 0.489 e. The maximum absolute atomic E-state index is 13.0. The van der Waals surface area contributed by atoms with Crippen LogP contribution in [0.4, 0.5) is 8.78 Å². The van der Waals surface area contributed by atoms with Crippen molar-refractivity contribution in [2.24, 2.45) is 0 Å². The summed E-state index contributed by atoms with van der Waals surface area (Å²) in [6.45, 7) is 2.54. The highest BCUT2D eigenvalue weighted by Crippen LogP contribution is 2.16. The molecule has 3 aromatic rings. The maximum atomic E-state index is 13.0. The van der Waals surface area contributed by atoms with Crippen LogP contribution in [0.15, 0.2) is 72.8 Å². The van der Waals surface area contributed by atoms with E-state index in [1.54, 1.807) is 12.1 Å². The van der Waals surface area contributed by atoms with Crippen molar-refractivity contribution in [1.29, 1.82) is 0 Å². The quantitative estimate of drug-likeness (QED) is 0.538. The lowest BCUT2D eigenvalue weighted by molar-refractivity contribution is -0.128. The standard InChI is InChI=1S/C24H23F2NO3/c1-2-23(30-22-13-9-20(26)10-14-22)24(28)27-15-17-5-11-21(12-6-17)29-16-18-3-7-19(25)8-4-18/h3-14,23H,2,15-16H2,1H3,(H,27,28). The van der Waals surface area contributed by atoms with Gasteiger partial charge in [-0.1, -0.05) is 31.2 Å². The Morgan fingerprint density at radius 1 is 0.833 bits per heavy atom. The van der Waals surface area contributed by atoms with Crippen LogP contribution in [0.1, 0.15) is 24.5 Å². The van der Waals surface area contributed by atoms with E-state index in [0.29, 0.717) is 31.1 Å². The Bertz CT molecular complexity index is 942. The first-order valence-corrected chi connectivity index (χ1v) is 9.69. The number of ether oxygens (including phenoxy) is 2. The van der Waals surface area contributed by atoms with E-state index in [2.05, 4.69) is 5.32 Å². The van der Waals surface area contributed by atoms with Gasteiger partial charge in [0.25, 0.3) is 5.91 Å². The van der Waals surface area contributed by atoms with Crippen LogP contribution in [-0.4, -0.2) is 12.0 Å². The Morgan fingerprint density at radius 3 is 1.97 bits per heavy atom. The van der Waals surface area contributed by atoms with Crippen LogP contribution < -0.4 is 14.8 Å². The summed E-state index contributed by atoms with van der Waals surface area (Å²) in [5, 5.41) is 2.85. The minimum Gasteiger partial charge on any atom is -0.489 e. The van der Waals surface area contributed by atoms with Gasteiger partial charge in [0.2, 0.25) is 0 Å². The van der Waals surface area contributed by atoms with E-state index in [4.69, 9.17) is 9.47 Å². The fourth-order valence-corrected chi connectivity index (χ4v) is 2.75. The average molecular weight is 411 g/mol. The van der Waals surface area contributed by atoms with Crippen molar-refractivity contribution >= 4 is 5.91 Å². The van der Waals surface area contributed by atoms with Gasteiger partial charge < -0.3 is 14.8 Å². The summed E-state index contributed by atoms with van der Waals surface area (Å²) in [5.74, 6) is 0.253. The summed E-state index contributed by atoms with van der Waals surface area (Å²) in [7, 11) is 0. The molecule has 0 spiro atoms. The Balaban J connectivity index is 1.47. The molecule has 0 aliphatic heterocycles. The molecule has 0 bridgehead atoms. The zero-order chi connectivity index (χ0) is 21.3. The monoisotopic (exact) mass is 411 g/mol. The molecule has 1 N–H and O–H groups in total. The van der Waals surface area contributed by atoms with Crippen LogP contribution in [0.5, 0.6) is 11.5 Å². The first kappa shape index (κ1) is 21.3. The summed E-state index contributed by atoms with van der Waals surface area (Å²) in [4.78, 5) is 12.4. The van der Waals surface area contributed by atoms with Gasteiger partial charge in [0, 0.05) is 6.54 Å². The van der Waals surface area contributed by atoms with Crippen molar-refractivity contribution in [2.75, 3.05) is 0 Å². The minimum absolute atomic E-state index is 0.238. The van der Waals surface area contributed by atoms with E-state index in [1.165, 1.54) is 36.4 Å². The highest BCUT2D eigenvalue weighted by atomic mass is 19.1. The lowest BCUT2D eigenvalue weighted by Gasteiger charge is -2.17. The second-order valence-corrected chi connectivity index (χ2v) is 6.75. The first-order chi connectivity index (χ1) is 14.5. The van der Waals surface area contributed by atoms with Crippen molar-refractivity contribution in [3.8, 4) is 11.5 Å². The highest BCUT2D eigenvalue weighted by Gasteiger charge is 2.18. The number of amides is 1. The van der Waals surface area contributed by atoms with Crippen molar-refractivity contribution < 1.29 is 23.0 Å². The summed E-state index contributed by atoms with van der Waals surface area (Å²) < 4.78 is 37.3. The van der Waals surface area contributed by atoms with Gasteiger partial charge in [-0.25, -0.2) is 8.78 Å². The molecule has 3 aromatic carbocycles. The van der Waals surface area contributed by atoms with E-state index in [-0.39, 0.29) is 17.5 Å². The number of rotatable bonds is 9. The Labute approximate surface area is 174 Å². The van der Waals surface area contributed by atoms with E-state index < -0.39 is 6.10 Å². The number of hydrogen-bond acceptors (Lipinski definition) is 3. The number of carbonyl (C=O) groups excluding carboxylic acids is 1. The average Bonchev–Trinajstić information content (AvgIpc) is 2.77. The van der Waals surface area contributed by atoms with Gasteiger partial charge in [0.15, 0.2) is 6.10 Å². The summed E-state index contributed by atoms with van der Waals surface area (Å²) in [5.41, 5.74) is 1.79. The molecular formula is C24H23F2NO3. The second-order valence-electron chi connectivity index (χ2n) is 6.75. The minimum atomic E-state index is -0.659. The third kappa shape index (κ3) is 6.30. The molecule has 6 heteroatoms. The van der Waals surface area contributed by atoms with E-state index in [9.17, 15) is 13.6 Å². The third-order valence-corrected chi connectivity index (χ3v) is 4.46. The number of nitrogens with one attached hydrogen (secondary N) is 1. The molecule has 0 aliphatic carbocycles. The van der Waals surface area contributed by atoms with Gasteiger partial charge in [0.05, 0.1) is 0 Å². The topological polar surface area (TPSA) is 47.6 Å². The van der Waals surface area contributed by atoms with Gasteiger partial charge in [0.1, 0.15) is 29.7 Å². The Morgan fingerprint density at radius 2 is 1.37 bits per heavy atom. The number of carbonyl (C=O) groups is 1. The smallest absolute Gasteiger partial charge is 0.261 e. The predicted octanol–water partition coefficient (Wildman–Crippen LogP) is 5.02. The molecule has 1 amide bonds. The molecule has 4 nitrogen and oxygen atoms in total. The fraction of sp³-hybridized carbons (Fsp3) is 0.208. The lowest BCUT2D eigenvalue weighted by atomic mass is 10.2. The molecule has 1 unspecified atom stereocenters. The van der Waals surface area contributed by atoms with Crippen molar-refractivity contribution in [1.82, 2.24) is 5.32 Å². The Hall–Kier alpha value is -3.41. The second kappa shape index (κ2) is 10.4. The number of halogens is 2. The molecule has 0 radical (unpaired) electrons. The summed E-state index contributed by atoms with van der Waals surface area (Å²) in [6, 6.07) is 19.1. The van der Waals surface area contributed by atoms with Gasteiger partial charge in [-0.3, -0.25) is 4.79 Å². The first-order valence-electron chi connectivity index (χ1n) is 9.69. The van der Waals surface area contributed by atoms with Crippen LogP contribution in [0.3, 0.4) is 0 Å².